The normalized spacial score (nSPS) is 13.5. The van der Waals surface area contributed by atoms with Crippen LogP contribution in [0, 0.1) is 6.92 Å². The first kappa shape index (κ1) is 7.28. The minimum atomic E-state index is 0.181. The van der Waals surface area contributed by atoms with Gasteiger partial charge < -0.3 is 5.11 Å². The first-order valence-corrected chi connectivity index (χ1v) is 3.36. The van der Waals surface area contributed by atoms with Gasteiger partial charge in [0.1, 0.15) is 0 Å². The van der Waals surface area contributed by atoms with Gasteiger partial charge in [-0.1, -0.05) is 6.92 Å². The topological polar surface area (TPSA) is 48.9 Å². The van der Waals surface area contributed by atoms with E-state index in [4.69, 9.17) is 5.11 Å². The second-order valence-electron chi connectivity index (χ2n) is 2.53. The third kappa shape index (κ3) is 1.19. The van der Waals surface area contributed by atoms with Crippen LogP contribution in [0.25, 0.3) is 0 Å². The molecule has 0 fully saturated rings. The van der Waals surface area contributed by atoms with E-state index in [2.05, 4.69) is 10.2 Å². The zero-order chi connectivity index (χ0) is 7.56. The maximum absolute atomic E-state index is 8.79. The molecule has 3 nitrogen and oxygen atoms in total. The zero-order valence-electron chi connectivity index (χ0n) is 6.26. The molecule has 0 aliphatic heterocycles. The van der Waals surface area contributed by atoms with Crippen molar-refractivity contribution in [2.45, 2.75) is 19.8 Å². The lowest BCUT2D eigenvalue weighted by molar-refractivity contribution is 0.273. The van der Waals surface area contributed by atoms with Gasteiger partial charge in [-0.2, -0.15) is 5.10 Å². The summed E-state index contributed by atoms with van der Waals surface area (Å²) in [5.41, 5.74) is 2.14. The number of rotatable bonds is 2. The number of nitrogens with one attached hydrogen (secondary N) is 1. The third-order valence-electron chi connectivity index (χ3n) is 1.67. The molecule has 1 atom stereocenters. The van der Waals surface area contributed by atoms with Gasteiger partial charge in [0, 0.05) is 18.2 Å². The van der Waals surface area contributed by atoms with Gasteiger partial charge in [0.05, 0.1) is 6.20 Å². The average Bonchev–Trinajstić information content (AvgIpc) is 2.34. The number of aliphatic hydroxyl groups is 1. The molecule has 0 unspecified atom stereocenters. The Morgan fingerprint density at radius 2 is 2.50 bits per heavy atom. The highest BCUT2D eigenvalue weighted by Gasteiger charge is 2.07. The van der Waals surface area contributed by atoms with Crippen LogP contribution in [0.2, 0.25) is 0 Å². The van der Waals surface area contributed by atoms with Crippen molar-refractivity contribution >= 4 is 0 Å². The first-order valence-electron chi connectivity index (χ1n) is 3.36. The van der Waals surface area contributed by atoms with Crippen LogP contribution in [0.15, 0.2) is 6.20 Å². The molecular weight excluding hydrogens is 128 g/mol. The monoisotopic (exact) mass is 140 g/mol. The number of H-pyrrole nitrogens is 1. The summed E-state index contributed by atoms with van der Waals surface area (Å²) in [4.78, 5) is 0. The molecule has 0 radical (unpaired) electrons. The summed E-state index contributed by atoms with van der Waals surface area (Å²) in [7, 11) is 0. The summed E-state index contributed by atoms with van der Waals surface area (Å²) < 4.78 is 0. The van der Waals surface area contributed by atoms with E-state index in [0.29, 0.717) is 0 Å². The van der Waals surface area contributed by atoms with Gasteiger partial charge in [0.15, 0.2) is 0 Å². The molecule has 56 valence electrons. The fourth-order valence-electron chi connectivity index (χ4n) is 0.955. The summed E-state index contributed by atoms with van der Waals surface area (Å²) >= 11 is 0. The van der Waals surface area contributed by atoms with Crippen molar-refractivity contribution in [1.29, 1.82) is 0 Å². The highest BCUT2D eigenvalue weighted by atomic mass is 16.3. The number of nitrogens with zero attached hydrogens (tertiary/aromatic N) is 1. The van der Waals surface area contributed by atoms with Crippen LogP contribution >= 0.6 is 0 Å². The van der Waals surface area contributed by atoms with E-state index in [-0.39, 0.29) is 12.5 Å². The molecule has 3 heteroatoms. The van der Waals surface area contributed by atoms with Gasteiger partial charge in [-0.25, -0.2) is 0 Å². The quantitative estimate of drug-likeness (QED) is 0.638. The molecule has 0 amide bonds. The Kier molecular flexibility index (Phi) is 2.06. The van der Waals surface area contributed by atoms with Crippen molar-refractivity contribution < 1.29 is 5.11 Å². The molecule has 0 saturated heterocycles. The van der Waals surface area contributed by atoms with Crippen molar-refractivity contribution in [3.8, 4) is 0 Å². The predicted molar refractivity (Wildman–Crippen MR) is 38.8 cm³/mol. The van der Waals surface area contributed by atoms with Crippen LogP contribution in [0.1, 0.15) is 24.1 Å². The van der Waals surface area contributed by atoms with E-state index >= 15 is 0 Å². The maximum atomic E-state index is 8.79. The molecule has 0 aliphatic carbocycles. The SMILES string of the molecule is Cc1[nH]ncc1[C@H](C)CO. The van der Waals surface area contributed by atoms with Gasteiger partial charge in [0.25, 0.3) is 0 Å². The number of aromatic amines is 1. The fourth-order valence-corrected chi connectivity index (χ4v) is 0.955. The Bertz CT molecular complexity index is 207. The third-order valence-corrected chi connectivity index (χ3v) is 1.67. The average molecular weight is 140 g/mol. The lowest BCUT2D eigenvalue weighted by Crippen LogP contribution is -1.98. The molecule has 1 aromatic heterocycles. The summed E-state index contributed by atoms with van der Waals surface area (Å²) in [5, 5.41) is 15.5. The van der Waals surface area contributed by atoms with Gasteiger partial charge in [-0.05, 0) is 12.5 Å². The molecule has 10 heavy (non-hydrogen) atoms. The molecule has 0 aliphatic rings. The molecule has 1 aromatic rings. The Balaban J connectivity index is 2.82. The number of aromatic nitrogens is 2. The molecule has 0 spiro atoms. The van der Waals surface area contributed by atoms with Crippen molar-refractivity contribution in [3.63, 3.8) is 0 Å². The Morgan fingerprint density at radius 1 is 1.80 bits per heavy atom. The first-order chi connectivity index (χ1) is 4.75. The van der Waals surface area contributed by atoms with Crippen LogP contribution in [0.3, 0.4) is 0 Å². The molecule has 0 saturated carbocycles. The highest BCUT2D eigenvalue weighted by Crippen LogP contribution is 2.15. The molecule has 1 heterocycles. The van der Waals surface area contributed by atoms with Gasteiger partial charge in [-0.15, -0.1) is 0 Å². The van der Waals surface area contributed by atoms with Crippen molar-refractivity contribution in [2.24, 2.45) is 0 Å². The number of hydrogen-bond donors (Lipinski definition) is 2. The minimum absolute atomic E-state index is 0.181. The van der Waals surface area contributed by atoms with Crippen LogP contribution in [0.5, 0.6) is 0 Å². The molecule has 0 aromatic carbocycles. The Hall–Kier alpha value is -0.830. The van der Waals surface area contributed by atoms with E-state index in [0.717, 1.165) is 11.3 Å². The number of aliphatic hydroxyl groups excluding tert-OH is 1. The molecule has 1 rings (SSSR count). The Labute approximate surface area is 60.1 Å². The van der Waals surface area contributed by atoms with Crippen LogP contribution in [-0.2, 0) is 0 Å². The van der Waals surface area contributed by atoms with Crippen molar-refractivity contribution in [1.82, 2.24) is 10.2 Å². The van der Waals surface area contributed by atoms with Gasteiger partial charge in [-0.3, -0.25) is 5.10 Å². The molecule has 0 bridgehead atoms. The van der Waals surface area contributed by atoms with E-state index in [1.165, 1.54) is 0 Å². The van der Waals surface area contributed by atoms with E-state index < -0.39 is 0 Å². The summed E-state index contributed by atoms with van der Waals surface area (Å²) in [6.07, 6.45) is 1.76. The van der Waals surface area contributed by atoms with Gasteiger partial charge in [0.2, 0.25) is 0 Å². The minimum Gasteiger partial charge on any atom is -0.396 e. The fraction of sp³-hybridized carbons (Fsp3) is 0.571. The lowest BCUT2D eigenvalue weighted by atomic mass is 10.0. The zero-order valence-corrected chi connectivity index (χ0v) is 6.26. The van der Waals surface area contributed by atoms with Crippen LogP contribution < -0.4 is 0 Å². The predicted octanol–water partition coefficient (Wildman–Crippen LogP) is 0.814. The van der Waals surface area contributed by atoms with Crippen molar-refractivity contribution in [2.75, 3.05) is 6.61 Å². The molecular formula is C7H12N2O. The van der Waals surface area contributed by atoms with Gasteiger partial charge >= 0.3 is 0 Å². The largest absolute Gasteiger partial charge is 0.396 e. The highest BCUT2D eigenvalue weighted by molar-refractivity contribution is 5.18. The lowest BCUT2D eigenvalue weighted by Gasteiger charge is -2.04. The van der Waals surface area contributed by atoms with Crippen LogP contribution in [-0.4, -0.2) is 21.9 Å². The summed E-state index contributed by atoms with van der Waals surface area (Å²) in [6, 6.07) is 0. The maximum Gasteiger partial charge on any atom is 0.0525 e. The van der Waals surface area contributed by atoms with E-state index in [9.17, 15) is 0 Å². The van der Waals surface area contributed by atoms with E-state index in [1.54, 1.807) is 6.20 Å². The van der Waals surface area contributed by atoms with Crippen LogP contribution in [0.4, 0.5) is 0 Å². The second kappa shape index (κ2) is 2.84. The van der Waals surface area contributed by atoms with E-state index in [1.807, 2.05) is 13.8 Å². The van der Waals surface area contributed by atoms with Crippen molar-refractivity contribution in [3.05, 3.63) is 17.5 Å². The smallest absolute Gasteiger partial charge is 0.0525 e. The second-order valence-corrected chi connectivity index (χ2v) is 2.53. The molecule has 2 N–H and O–H groups in total. The Morgan fingerprint density at radius 3 is 2.90 bits per heavy atom. The number of hydrogen-bond acceptors (Lipinski definition) is 2. The summed E-state index contributed by atoms with van der Waals surface area (Å²) in [5.74, 6) is 0.193. The standard InChI is InChI=1S/C7H12N2O/c1-5(4-10)7-3-8-9-6(7)2/h3,5,10H,4H2,1-2H3,(H,8,9)/t5-/m1/s1. The number of aryl methyl sites for hydroxylation is 1. The summed E-state index contributed by atoms with van der Waals surface area (Å²) in [6.45, 7) is 4.10.